The van der Waals surface area contributed by atoms with Crippen LogP contribution in [0.25, 0.3) is 5.57 Å². The highest BCUT2D eigenvalue weighted by Gasteiger charge is 2.28. The molecule has 0 heterocycles. The minimum atomic E-state index is 0.391. The van der Waals surface area contributed by atoms with Gasteiger partial charge in [0.1, 0.15) is 11.5 Å². The number of hydrogen-bond donors (Lipinski definition) is 0. The van der Waals surface area contributed by atoms with E-state index in [-0.39, 0.29) is 0 Å². The third kappa shape index (κ3) is 4.00. The van der Waals surface area contributed by atoms with Crippen molar-refractivity contribution < 1.29 is 9.47 Å². The minimum absolute atomic E-state index is 0.391. The van der Waals surface area contributed by atoms with E-state index >= 15 is 0 Å². The summed E-state index contributed by atoms with van der Waals surface area (Å²) in [6.07, 6.45) is 3.00. The largest absolute Gasteiger partial charge is 0.497 e. The van der Waals surface area contributed by atoms with Crippen molar-refractivity contribution in [3.8, 4) is 11.5 Å². The van der Waals surface area contributed by atoms with Gasteiger partial charge < -0.3 is 9.47 Å². The lowest BCUT2D eigenvalue weighted by atomic mass is 9.73. The zero-order valence-electron chi connectivity index (χ0n) is 18.4. The molecule has 0 fully saturated rings. The molecule has 2 heteroatoms. The molecule has 0 spiro atoms. The third-order valence-corrected chi connectivity index (χ3v) is 6.28. The van der Waals surface area contributed by atoms with Gasteiger partial charge in [0.05, 0.1) is 14.2 Å². The second kappa shape index (κ2) is 8.79. The van der Waals surface area contributed by atoms with Gasteiger partial charge >= 0.3 is 0 Å². The Labute approximate surface area is 180 Å². The standard InChI is InChI=1S/C28H30O2/c1-5-25-26(21-10-13-23(29-3)14-11-21)17-22-12-15-24(30-4)18-27(22)28(25)16-20-8-6-19(2)7-9-20/h6-15,18,26H,5,16-17H2,1-4H3. The highest BCUT2D eigenvalue weighted by molar-refractivity contribution is 5.77. The van der Waals surface area contributed by atoms with E-state index in [1.165, 1.54) is 39.0 Å². The molecule has 1 atom stereocenters. The first-order valence-corrected chi connectivity index (χ1v) is 10.7. The molecule has 0 aliphatic heterocycles. The predicted octanol–water partition coefficient (Wildman–Crippen LogP) is 6.76. The van der Waals surface area contributed by atoms with Gasteiger partial charge in [-0.3, -0.25) is 0 Å². The zero-order valence-corrected chi connectivity index (χ0v) is 18.4. The maximum Gasteiger partial charge on any atom is 0.119 e. The van der Waals surface area contributed by atoms with Gasteiger partial charge in [-0.2, -0.15) is 0 Å². The van der Waals surface area contributed by atoms with Gasteiger partial charge in [-0.05, 0) is 78.3 Å². The van der Waals surface area contributed by atoms with Crippen LogP contribution in [0.5, 0.6) is 11.5 Å². The summed E-state index contributed by atoms with van der Waals surface area (Å²) in [6.45, 7) is 4.42. The quantitative estimate of drug-likeness (QED) is 0.457. The molecule has 2 nitrogen and oxygen atoms in total. The van der Waals surface area contributed by atoms with E-state index in [1.54, 1.807) is 14.2 Å². The van der Waals surface area contributed by atoms with Crippen LogP contribution in [0.15, 0.2) is 72.3 Å². The van der Waals surface area contributed by atoms with Crippen LogP contribution in [0.4, 0.5) is 0 Å². The molecule has 0 N–H and O–H groups in total. The van der Waals surface area contributed by atoms with Crippen LogP contribution >= 0.6 is 0 Å². The number of aryl methyl sites for hydroxylation is 1. The molecular weight excluding hydrogens is 368 g/mol. The van der Waals surface area contributed by atoms with Crippen molar-refractivity contribution in [2.24, 2.45) is 0 Å². The van der Waals surface area contributed by atoms with Crippen molar-refractivity contribution in [2.75, 3.05) is 14.2 Å². The fourth-order valence-corrected chi connectivity index (χ4v) is 4.60. The summed E-state index contributed by atoms with van der Waals surface area (Å²) in [4.78, 5) is 0. The van der Waals surface area contributed by atoms with Gasteiger partial charge in [-0.1, -0.05) is 60.5 Å². The lowest BCUT2D eigenvalue weighted by molar-refractivity contribution is 0.414. The molecule has 0 amide bonds. The van der Waals surface area contributed by atoms with E-state index < -0.39 is 0 Å². The SMILES string of the molecule is CCC1=C(Cc2ccc(C)cc2)c2cc(OC)ccc2CC1c1ccc(OC)cc1. The lowest BCUT2D eigenvalue weighted by Gasteiger charge is -2.31. The summed E-state index contributed by atoms with van der Waals surface area (Å²) in [5.41, 5.74) is 9.72. The smallest absolute Gasteiger partial charge is 0.119 e. The second-order valence-electron chi connectivity index (χ2n) is 8.07. The van der Waals surface area contributed by atoms with Crippen LogP contribution in [-0.2, 0) is 12.8 Å². The Morgan fingerprint density at radius 3 is 2.13 bits per heavy atom. The molecule has 30 heavy (non-hydrogen) atoms. The fraction of sp³-hybridized carbons (Fsp3) is 0.286. The molecule has 0 bridgehead atoms. The molecule has 154 valence electrons. The van der Waals surface area contributed by atoms with Crippen molar-refractivity contribution in [3.63, 3.8) is 0 Å². The first kappa shape index (κ1) is 20.3. The Kier molecular flexibility index (Phi) is 5.94. The Bertz CT molecular complexity index is 1040. The lowest BCUT2D eigenvalue weighted by Crippen LogP contribution is -2.16. The van der Waals surface area contributed by atoms with Crippen LogP contribution < -0.4 is 9.47 Å². The molecule has 1 aliphatic rings. The van der Waals surface area contributed by atoms with Crippen molar-refractivity contribution in [3.05, 3.63) is 100 Å². The monoisotopic (exact) mass is 398 g/mol. The Morgan fingerprint density at radius 2 is 1.50 bits per heavy atom. The first-order chi connectivity index (χ1) is 14.6. The average Bonchev–Trinajstić information content (AvgIpc) is 2.80. The minimum Gasteiger partial charge on any atom is -0.497 e. The van der Waals surface area contributed by atoms with Gasteiger partial charge in [-0.25, -0.2) is 0 Å². The highest BCUT2D eigenvalue weighted by Crippen LogP contribution is 2.44. The molecule has 4 rings (SSSR count). The van der Waals surface area contributed by atoms with Crippen LogP contribution in [0, 0.1) is 6.92 Å². The number of hydrogen-bond acceptors (Lipinski definition) is 2. The molecular formula is C28H30O2. The third-order valence-electron chi connectivity index (χ3n) is 6.28. The molecule has 0 radical (unpaired) electrons. The summed E-state index contributed by atoms with van der Waals surface area (Å²) in [5.74, 6) is 2.22. The summed E-state index contributed by atoms with van der Waals surface area (Å²) >= 11 is 0. The van der Waals surface area contributed by atoms with Crippen molar-refractivity contribution >= 4 is 5.57 Å². The summed E-state index contributed by atoms with van der Waals surface area (Å²) in [7, 11) is 3.46. The zero-order chi connectivity index (χ0) is 21.1. The Balaban J connectivity index is 1.83. The molecule has 1 unspecified atom stereocenters. The summed E-state index contributed by atoms with van der Waals surface area (Å²) in [6, 6.07) is 24.1. The van der Waals surface area contributed by atoms with E-state index in [0.29, 0.717) is 5.92 Å². The van der Waals surface area contributed by atoms with E-state index in [0.717, 1.165) is 30.8 Å². The molecule has 1 aliphatic carbocycles. The predicted molar refractivity (Wildman–Crippen MR) is 125 cm³/mol. The molecule has 0 saturated heterocycles. The van der Waals surface area contributed by atoms with Crippen molar-refractivity contribution in [1.82, 2.24) is 0 Å². The average molecular weight is 399 g/mol. The molecule has 3 aromatic carbocycles. The van der Waals surface area contributed by atoms with Crippen molar-refractivity contribution in [2.45, 2.75) is 39.0 Å². The van der Waals surface area contributed by atoms with E-state index in [4.69, 9.17) is 9.47 Å². The van der Waals surface area contributed by atoms with Crippen LogP contribution in [0.1, 0.15) is 47.1 Å². The molecule has 0 aromatic heterocycles. The summed E-state index contributed by atoms with van der Waals surface area (Å²) < 4.78 is 10.9. The first-order valence-electron chi connectivity index (χ1n) is 10.7. The number of benzene rings is 3. The van der Waals surface area contributed by atoms with Crippen LogP contribution in [0.2, 0.25) is 0 Å². The van der Waals surface area contributed by atoms with Gasteiger partial charge in [0.15, 0.2) is 0 Å². The molecule has 0 saturated carbocycles. The number of rotatable bonds is 6. The summed E-state index contributed by atoms with van der Waals surface area (Å²) in [5, 5.41) is 0. The maximum atomic E-state index is 5.56. The fourth-order valence-electron chi connectivity index (χ4n) is 4.60. The van der Waals surface area contributed by atoms with Crippen molar-refractivity contribution in [1.29, 1.82) is 0 Å². The second-order valence-corrected chi connectivity index (χ2v) is 8.07. The topological polar surface area (TPSA) is 18.5 Å². The van der Waals surface area contributed by atoms with E-state index in [9.17, 15) is 0 Å². The normalized spacial score (nSPS) is 15.7. The number of methoxy groups -OCH3 is 2. The van der Waals surface area contributed by atoms with E-state index in [2.05, 4.69) is 80.6 Å². The van der Waals surface area contributed by atoms with Crippen LogP contribution in [0.3, 0.4) is 0 Å². The molecule has 3 aromatic rings. The Morgan fingerprint density at radius 1 is 0.833 bits per heavy atom. The van der Waals surface area contributed by atoms with Gasteiger partial charge in [0, 0.05) is 5.92 Å². The van der Waals surface area contributed by atoms with E-state index in [1.807, 2.05) is 0 Å². The maximum absolute atomic E-state index is 5.56. The number of fused-ring (bicyclic) bond motifs is 1. The van der Waals surface area contributed by atoms with Gasteiger partial charge in [0.2, 0.25) is 0 Å². The van der Waals surface area contributed by atoms with Gasteiger partial charge in [-0.15, -0.1) is 0 Å². The highest BCUT2D eigenvalue weighted by atomic mass is 16.5. The number of ether oxygens (including phenoxy) is 2. The Hall–Kier alpha value is -3.00. The van der Waals surface area contributed by atoms with Gasteiger partial charge in [0.25, 0.3) is 0 Å². The number of allylic oxidation sites excluding steroid dienone is 2. The van der Waals surface area contributed by atoms with Crippen LogP contribution in [-0.4, -0.2) is 14.2 Å².